The van der Waals surface area contributed by atoms with Crippen LogP contribution in [-0.4, -0.2) is 93.2 Å². The second-order valence-electron chi connectivity index (χ2n) is 8.53. The quantitative estimate of drug-likeness (QED) is 0.358. The summed E-state index contributed by atoms with van der Waals surface area (Å²) in [5.41, 5.74) is 2.77. The van der Waals surface area contributed by atoms with Gasteiger partial charge in [0, 0.05) is 64.9 Å². The molecule has 2 N–H and O–H groups in total. The van der Waals surface area contributed by atoms with E-state index in [1.54, 1.807) is 0 Å². The Labute approximate surface area is 194 Å². The number of piperazine rings is 1. The number of halogens is 1. The van der Waals surface area contributed by atoms with Crippen molar-refractivity contribution in [3.63, 3.8) is 0 Å². The van der Waals surface area contributed by atoms with E-state index in [9.17, 15) is 0 Å². The summed E-state index contributed by atoms with van der Waals surface area (Å²) >= 11 is 0. The van der Waals surface area contributed by atoms with Gasteiger partial charge in [0.05, 0.1) is 0 Å². The van der Waals surface area contributed by atoms with Gasteiger partial charge in [0.1, 0.15) is 0 Å². The molecule has 1 atom stereocenters. The Balaban J connectivity index is 0.00000300. The molecule has 2 heterocycles. The van der Waals surface area contributed by atoms with Gasteiger partial charge in [-0.05, 0) is 39.4 Å². The summed E-state index contributed by atoms with van der Waals surface area (Å²) in [6.07, 6.45) is 2.33. The maximum atomic E-state index is 4.46. The van der Waals surface area contributed by atoms with E-state index in [0.29, 0.717) is 12.1 Å². The third kappa shape index (κ3) is 7.70. The zero-order valence-electron chi connectivity index (χ0n) is 18.5. The average Bonchev–Trinajstić information content (AvgIpc) is 2.69. The fourth-order valence-corrected chi connectivity index (χ4v) is 4.23. The number of aliphatic imine (C=N–C) groups is 1. The number of rotatable bonds is 5. The highest BCUT2D eigenvalue weighted by atomic mass is 127. The van der Waals surface area contributed by atoms with Gasteiger partial charge in [-0.3, -0.25) is 14.8 Å². The van der Waals surface area contributed by atoms with Crippen molar-refractivity contribution < 1.29 is 0 Å². The molecule has 0 radical (unpaired) electrons. The fraction of sp³-hybridized carbons (Fsp3) is 0.682. The van der Waals surface area contributed by atoms with Crippen molar-refractivity contribution in [2.45, 2.75) is 38.4 Å². The van der Waals surface area contributed by atoms with E-state index >= 15 is 0 Å². The molecule has 0 bridgehead atoms. The lowest BCUT2D eigenvalue weighted by Crippen LogP contribution is -2.56. The Morgan fingerprint density at radius 3 is 2.59 bits per heavy atom. The summed E-state index contributed by atoms with van der Waals surface area (Å²) in [5.74, 6) is 0.943. The first-order chi connectivity index (χ1) is 13.5. The Morgan fingerprint density at radius 1 is 1.14 bits per heavy atom. The molecule has 6 nitrogen and oxygen atoms in total. The lowest BCUT2D eigenvalue weighted by Gasteiger charge is -2.38. The molecule has 1 aromatic rings. The predicted octanol–water partition coefficient (Wildman–Crippen LogP) is 1.99. The predicted molar refractivity (Wildman–Crippen MR) is 133 cm³/mol. The van der Waals surface area contributed by atoms with Crippen LogP contribution in [0.15, 0.2) is 29.3 Å². The van der Waals surface area contributed by atoms with Crippen LogP contribution in [0.2, 0.25) is 0 Å². The smallest absolute Gasteiger partial charge is 0.191 e. The number of aryl methyl sites for hydroxylation is 1. The Morgan fingerprint density at radius 2 is 1.90 bits per heavy atom. The van der Waals surface area contributed by atoms with E-state index in [2.05, 4.69) is 75.6 Å². The molecule has 3 rings (SSSR count). The molecule has 0 spiro atoms. The average molecular weight is 515 g/mol. The number of hydrogen-bond donors (Lipinski definition) is 2. The fourth-order valence-electron chi connectivity index (χ4n) is 4.23. The third-order valence-electron chi connectivity index (χ3n) is 6.13. The number of nitrogens with one attached hydrogen (secondary N) is 2. The molecule has 29 heavy (non-hydrogen) atoms. The van der Waals surface area contributed by atoms with Crippen molar-refractivity contribution in [3.8, 4) is 0 Å². The molecule has 7 heteroatoms. The zero-order chi connectivity index (χ0) is 19.9. The van der Waals surface area contributed by atoms with Crippen LogP contribution in [0.4, 0.5) is 0 Å². The minimum absolute atomic E-state index is 0. The van der Waals surface area contributed by atoms with E-state index in [1.165, 1.54) is 24.0 Å². The van der Waals surface area contributed by atoms with Crippen LogP contribution in [0.5, 0.6) is 0 Å². The molecule has 2 aliphatic rings. The van der Waals surface area contributed by atoms with Gasteiger partial charge in [0.25, 0.3) is 0 Å². The lowest BCUT2D eigenvalue weighted by atomic mass is 10.0. The van der Waals surface area contributed by atoms with Crippen LogP contribution in [0.1, 0.15) is 24.0 Å². The number of likely N-dealkylation sites (tertiary alicyclic amines) is 1. The maximum absolute atomic E-state index is 4.46. The van der Waals surface area contributed by atoms with Gasteiger partial charge >= 0.3 is 0 Å². The minimum atomic E-state index is 0. The lowest BCUT2D eigenvalue weighted by molar-refractivity contribution is 0.116. The summed E-state index contributed by atoms with van der Waals surface area (Å²) in [6, 6.07) is 9.91. The van der Waals surface area contributed by atoms with Crippen molar-refractivity contribution in [1.29, 1.82) is 0 Å². The zero-order valence-corrected chi connectivity index (χ0v) is 20.9. The van der Waals surface area contributed by atoms with Crippen molar-refractivity contribution in [3.05, 3.63) is 35.4 Å². The van der Waals surface area contributed by atoms with Crippen molar-refractivity contribution >= 4 is 29.9 Å². The van der Waals surface area contributed by atoms with Gasteiger partial charge in [-0.15, -0.1) is 24.0 Å². The van der Waals surface area contributed by atoms with Crippen molar-refractivity contribution in [2.24, 2.45) is 4.99 Å². The number of likely N-dealkylation sites (N-methyl/N-ethyl adjacent to an activating group) is 2. The van der Waals surface area contributed by atoms with Gasteiger partial charge in [0.2, 0.25) is 0 Å². The molecule has 0 saturated carbocycles. The molecule has 2 fully saturated rings. The highest BCUT2D eigenvalue weighted by Gasteiger charge is 2.23. The van der Waals surface area contributed by atoms with Gasteiger partial charge < -0.3 is 15.5 Å². The summed E-state index contributed by atoms with van der Waals surface area (Å²) in [4.78, 5) is 11.9. The Hall–Kier alpha value is -0.900. The molecule has 2 saturated heterocycles. The monoisotopic (exact) mass is 514 g/mol. The van der Waals surface area contributed by atoms with E-state index in [0.717, 1.165) is 51.8 Å². The van der Waals surface area contributed by atoms with Gasteiger partial charge in [-0.1, -0.05) is 29.8 Å². The highest BCUT2D eigenvalue weighted by Crippen LogP contribution is 2.15. The van der Waals surface area contributed by atoms with E-state index in [4.69, 9.17) is 0 Å². The van der Waals surface area contributed by atoms with Crippen LogP contribution in [0, 0.1) is 6.92 Å². The van der Waals surface area contributed by atoms with Crippen LogP contribution in [0.3, 0.4) is 0 Å². The summed E-state index contributed by atoms with van der Waals surface area (Å²) in [7, 11) is 6.30. The number of guanidine groups is 1. The van der Waals surface area contributed by atoms with Gasteiger partial charge in [-0.2, -0.15) is 0 Å². The standard InChI is InChI=1S/C22H38N6.HI/c1-18-6-5-7-19(14-18)16-28-10-8-20(9-11-28)25-22(23-2)24-15-21-17-26(3)12-13-27(21)4;/h5-7,14,20-21H,8-13,15-17H2,1-4H3,(H2,23,24,25);1H. The van der Waals surface area contributed by atoms with Gasteiger partial charge in [-0.25, -0.2) is 0 Å². The molecular formula is C22H39IN6. The number of piperidine rings is 1. The first-order valence-electron chi connectivity index (χ1n) is 10.7. The first kappa shape index (κ1) is 24.4. The molecule has 0 amide bonds. The van der Waals surface area contributed by atoms with E-state index in [-0.39, 0.29) is 24.0 Å². The second kappa shape index (κ2) is 12.1. The van der Waals surface area contributed by atoms with Crippen LogP contribution < -0.4 is 10.6 Å². The van der Waals surface area contributed by atoms with Crippen molar-refractivity contribution in [2.75, 3.05) is 60.4 Å². The molecule has 2 aliphatic heterocycles. The third-order valence-corrected chi connectivity index (χ3v) is 6.13. The maximum Gasteiger partial charge on any atom is 0.191 e. The second-order valence-corrected chi connectivity index (χ2v) is 8.53. The summed E-state index contributed by atoms with van der Waals surface area (Å²) < 4.78 is 0. The molecule has 1 aromatic carbocycles. The highest BCUT2D eigenvalue weighted by molar-refractivity contribution is 14.0. The SMILES string of the molecule is CN=C(NCC1CN(C)CCN1C)NC1CCN(Cc2cccc(C)c2)CC1.I. The van der Waals surface area contributed by atoms with E-state index in [1.807, 2.05) is 7.05 Å². The molecule has 1 unspecified atom stereocenters. The summed E-state index contributed by atoms with van der Waals surface area (Å²) in [6.45, 7) is 9.84. The summed E-state index contributed by atoms with van der Waals surface area (Å²) in [5, 5.41) is 7.20. The minimum Gasteiger partial charge on any atom is -0.355 e. The molecule has 0 aromatic heterocycles. The van der Waals surface area contributed by atoms with Gasteiger partial charge in [0.15, 0.2) is 5.96 Å². The normalized spacial score (nSPS) is 22.9. The largest absolute Gasteiger partial charge is 0.355 e. The molecule has 0 aliphatic carbocycles. The van der Waals surface area contributed by atoms with Crippen LogP contribution >= 0.6 is 24.0 Å². The first-order valence-corrected chi connectivity index (χ1v) is 10.7. The van der Waals surface area contributed by atoms with E-state index < -0.39 is 0 Å². The number of benzene rings is 1. The Bertz CT molecular complexity index is 644. The van der Waals surface area contributed by atoms with Crippen molar-refractivity contribution in [1.82, 2.24) is 25.3 Å². The molecule has 164 valence electrons. The Kier molecular flexibility index (Phi) is 10.1. The number of nitrogens with zero attached hydrogens (tertiary/aromatic N) is 4. The number of hydrogen-bond acceptors (Lipinski definition) is 4. The molecular weight excluding hydrogens is 475 g/mol. The topological polar surface area (TPSA) is 46.1 Å². The van der Waals surface area contributed by atoms with Crippen LogP contribution in [0.25, 0.3) is 0 Å². The van der Waals surface area contributed by atoms with Crippen LogP contribution in [-0.2, 0) is 6.54 Å².